The molecule has 0 unspecified atom stereocenters. The molecule has 0 radical (unpaired) electrons. The molecule has 0 saturated heterocycles. The fourth-order valence-electron chi connectivity index (χ4n) is 3.82. The van der Waals surface area contributed by atoms with Gasteiger partial charge in [-0.15, -0.1) is 5.10 Å². The quantitative estimate of drug-likeness (QED) is 0.697. The zero-order valence-electron chi connectivity index (χ0n) is 16.5. The molecule has 3 aromatic rings. The number of phenols is 1. The summed E-state index contributed by atoms with van der Waals surface area (Å²) in [6.45, 7) is 3.97. The lowest BCUT2D eigenvalue weighted by Gasteiger charge is -2.40. The van der Waals surface area contributed by atoms with Gasteiger partial charge in [0.15, 0.2) is 0 Å². The van der Waals surface area contributed by atoms with Crippen molar-refractivity contribution >= 4 is 0 Å². The summed E-state index contributed by atoms with van der Waals surface area (Å²) in [5, 5.41) is 18.5. The Morgan fingerprint density at radius 1 is 1.34 bits per heavy atom. The Hall–Kier alpha value is -3.03. The minimum absolute atomic E-state index is 0.0517. The number of aromatic nitrogens is 5. The number of hydrogen-bond donors (Lipinski definition) is 1. The van der Waals surface area contributed by atoms with Gasteiger partial charge < -0.3 is 14.4 Å². The van der Waals surface area contributed by atoms with Crippen LogP contribution in [0.5, 0.6) is 11.8 Å². The molecule has 1 fully saturated rings. The lowest BCUT2D eigenvalue weighted by atomic mass is 9.71. The number of rotatable bonds is 5. The van der Waals surface area contributed by atoms with Crippen LogP contribution in [-0.4, -0.2) is 42.1 Å². The lowest BCUT2D eigenvalue weighted by molar-refractivity contribution is -0.0324. The van der Waals surface area contributed by atoms with E-state index in [9.17, 15) is 9.50 Å². The average molecular weight is 397 g/mol. The molecule has 0 spiro atoms. The monoisotopic (exact) mass is 397 g/mol. The highest BCUT2D eigenvalue weighted by molar-refractivity contribution is 5.67. The highest BCUT2D eigenvalue weighted by atomic mass is 19.1. The molecule has 1 N–H and O–H groups in total. The topological polar surface area (TPSA) is 86.0 Å². The van der Waals surface area contributed by atoms with Gasteiger partial charge in [-0.2, -0.15) is 0 Å². The van der Waals surface area contributed by atoms with Crippen LogP contribution in [0.25, 0.3) is 16.9 Å². The standard InChI is InChI=1S/C21H24FN5O2/c1-3-21(2)8-4-5-18(19(21)22)29-20-24-12-16(25-26-20)15-7-6-14(11-17(15)28)27-10-9-23-13-27/h6-7,9-13,18-19,28H,3-5,8H2,1-2H3/t18-,19-,21+/m1/s1. The first-order chi connectivity index (χ1) is 14.0. The Morgan fingerprint density at radius 3 is 2.86 bits per heavy atom. The molecule has 2 heterocycles. The van der Waals surface area contributed by atoms with Crippen LogP contribution in [0.3, 0.4) is 0 Å². The maximum Gasteiger partial charge on any atom is 0.336 e. The number of phenolic OH excluding ortho intramolecular Hbond substituents is 1. The maximum absolute atomic E-state index is 14.9. The van der Waals surface area contributed by atoms with Crippen LogP contribution in [0, 0.1) is 5.41 Å². The number of halogens is 1. The van der Waals surface area contributed by atoms with Crippen molar-refractivity contribution in [1.29, 1.82) is 0 Å². The second-order valence-corrected chi connectivity index (χ2v) is 7.76. The van der Waals surface area contributed by atoms with Crippen LogP contribution in [-0.2, 0) is 0 Å². The number of aromatic hydroxyl groups is 1. The average Bonchev–Trinajstić information content (AvgIpc) is 3.27. The van der Waals surface area contributed by atoms with Gasteiger partial charge in [0.25, 0.3) is 0 Å². The van der Waals surface area contributed by atoms with Crippen molar-refractivity contribution in [3.05, 3.63) is 43.1 Å². The first-order valence-electron chi connectivity index (χ1n) is 9.82. The summed E-state index contributed by atoms with van der Waals surface area (Å²) in [5.41, 5.74) is 1.31. The fraction of sp³-hybridized carbons (Fsp3) is 0.429. The highest BCUT2D eigenvalue weighted by Gasteiger charge is 2.43. The molecule has 8 heteroatoms. The first-order valence-corrected chi connectivity index (χ1v) is 9.82. The largest absolute Gasteiger partial charge is 0.507 e. The fourth-order valence-corrected chi connectivity index (χ4v) is 3.82. The van der Waals surface area contributed by atoms with Gasteiger partial charge >= 0.3 is 6.01 Å². The molecule has 1 aliphatic carbocycles. The lowest BCUT2D eigenvalue weighted by Crippen LogP contribution is -2.44. The van der Waals surface area contributed by atoms with Crippen LogP contribution >= 0.6 is 0 Å². The summed E-state index contributed by atoms with van der Waals surface area (Å²) in [6, 6.07) is 5.24. The first kappa shape index (κ1) is 19.3. The van der Waals surface area contributed by atoms with E-state index in [0.717, 1.165) is 24.9 Å². The Bertz CT molecular complexity index is 964. The number of imidazole rings is 1. The molecule has 0 aliphatic heterocycles. The van der Waals surface area contributed by atoms with Gasteiger partial charge in [-0.1, -0.05) is 18.9 Å². The minimum atomic E-state index is -1.07. The number of hydrogen-bond acceptors (Lipinski definition) is 6. The molecular weight excluding hydrogens is 373 g/mol. The Labute approximate surface area is 168 Å². The summed E-state index contributed by atoms with van der Waals surface area (Å²) in [6.07, 6.45) is 8.12. The van der Waals surface area contributed by atoms with E-state index in [4.69, 9.17) is 4.74 Å². The summed E-state index contributed by atoms with van der Waals surface area (Å²) in [4.78, 5) is 8.18. The van der Waals surface area contributed by atoms with E-state index < -0.39 is 12.3 Å². The van der Waals surface area contributed by atoms with Gasteiger partial charge in [-0.25, -0.2) is 14.4 Å². The maximum atomic E-state index is 14.9. The Kier molecular flexibility index (Phi) is 5.17. The van der Waals surface area contributed by atoms with Crippen LogP contribution in [0.1, 0.15) is 39.5 Å². The third kappa shape index (κ3) is 3.79. The van der Waals surface area contributed by atoms with Crippen LogP contribution in [0.2, 0.25) is 0 Å². The number of alkyl halides is 1. The second-order valence-electron chi connectivity index (χ2n) is 7.76. The molecule has 3 atom stereocenters. The van der Waals surface area contributed by atoms with Crippen LogP contribution < -0.4 is 4.74 Å². The molecule has 152 valence electrons. The second kappa shape index (κ2) is 7.77. The third-order valence-electron chi connectivity index (χ3n) is 5.89. The van der Waals surface area contributed by atoms with E-state index in [1.807, 2.05) is 19.9 Å². The molecular formula is C21H24FN5O2. The number of nitrogens with zero attached hydrogens (tertiary/aromatic N) is 5. The van der Waals surface area contributed by atoms with Crippen molar-refractivity contribution in [3.8, 4) is 28.7 Å². The van der Waals surface area contributed by atoms with Crippen LogP contribution in [0.4, 0.5) is 4.39 Å². The summed E-state index contributed by atoms with van der Waals surface area (Å²) < 4.78 is 22.4. The molecule has 2 aromatic heterocycles. The van der Waals surface area contributed by atoms with Gasteiger partial charge in [0.1, 0.15) is 23.7 Å². The van der Waals surface area contributed by atoms with Crippen molar-refractivity contribution in [2.75, 3.05) is 0 Å². The molecule has 7 nitrogen and oxygen atoms in total. The van der Waals surface area contributed by atoms with Crippen molar-refractivity contribution < 1.29 is 14.2 Å². The highest BCUT2D eigenvalue weighted by Crippen LogP contribution is 2.42. The van der Waals surface area contributed by atoms with E-state index in [1.54, 1.807) is 35.4 Å². The number of benzene rings is 1. The Balaban J connectivity index is 1.50. The smallest absolute Gasteiger partial charge is 0.336 e. The van der Waals surface area contributed by atoms with Gasteiger partial charge in [-0.05, 0) is 37.8 Å². The summed E-state index contributed by atoms with van der Waals surface area (Å²) in [5.74, 6) is 0.0517. The predicted octanol–water partition coefficient (Wildman–Crippen LogP) is 4.12. The van der Waals surface area contributed by atoms with Gasteiger partial charge in [0.2, 0.25) is 0 Å². The summed E-state index contributed by atoms with van der Waals surface area (Å²) in [7, 11) is 0. The van der Waals surface area contributed by atoms with E-state index in [0.29, 0.717) is 17.7 Å². The molecule has 1 aromatic carbocycles. The normalized spacial score (nSPS) is 24.4. The van der Waals surface area contributed by atoms with Gasteiger partial charge in [0, 0.05) is 29.4 Å². The predicted molar refractivity (Wildman–Crippen MR) is 106 cm³/mol. The number of ether oxygens (including phenoxy) is 1. The van der Waals surface area contributed by atoms with E-state index >= 15 is 0 Å². The van der Waals surface area contributed by atoms with Gasteiger partial charge in [0.05, 0.1) is 18.2 Å². The molecule has 0 amide bonds. The van der Waals surface area contributed by atoms with Gasteiger partial charge in [-0.3, -0.25) is 0 Å². The van der Waals surface area contributed by atoms with Crippen LogP contribution in [0.15, 0.2) is 43.1 Å². The molecule has 1 saturated carbocycles. The SMILES string of the molecule is CC[C@@]1(C)CCC[C@@H](Oc2ncc(-c3ccc(-n4ccnc4)cc3O)nn2)[C@H]1F. The Morgan fingerprint density at radius 2 is 2.21 bits per heavy atom. The van der Waals surface area contributed by atoms with Crippen molar-refractivity contribution in [2.45, 2.75) is 51.8 Å². The van der Waals surface area contributed by atoms with E-state index in [2.05, 4.69) is 20.2 Å². The molecule has 29 heavy (non-hydrogen) atoms. The zero-order valence-corrected chi connectivity index (χ0v) is 16.5. The third-order valence-corrected chi connectivity index (χ3v) is 5.89. The molecule has 1 aliphatic rings. The van der Waals surface area contributed by atoms with Crippen molar-refractivity contribution in [3.63, 3.8) is 0 Å². The summed E-state index contributed by atoms with van der Waals surface area (Å²) >= 11 is 0. The van der Waals surface area contributed by atoms with Crippen molar-refractivity contribution in [2.24, 2.45) is 5.41 Å². The van der Waals surface area contributed by atoms with Crippen molar-refractivity contribution in [1.82, 2.24) is 24.7 Å². The minimum Gasteiger partial charge on any atom is -0.507 e. The van der Waals surface area contributed by atoms with E-state index in [1.165, 1.54) is 6.20 Å². The molecule has 0 bridgehead atoms. The zero-order chi connectivity index (χ0) is 20.4. The molecule has 4 rings (SSSR count). The van der Waals surface area contributed by atoms with E-state index in [-0.39, 0.29) is 17.2 Å².